The molecule has 1 aromatic rings. The molecule has 0 saturated carbocycles. The van der Waals surface area contributed by atoms with Crippen LogP contribution in [0.15, 0.2) is 12.1 Å². The van der Waals surface area contributed by atoms with Crippen LogP contribution in [0.5, 0.6) is 11.5 Å². The fourth-order valence-electron chi connectivity index (χ4n) is 1.64. The number of aromatic hydroxyl groups is 1. The molecule has 0 aliphatic carbocycles. The molecule has 5 heteroatoms. The Labute approximate surface area is 120 Å². The van der Waals surface area contributed by atoms with Crippen molar-refractivity contribution in [2.45, 2.75) is 32.7 Å². The van der Waals surface area contributed by atoms with Crippen molar-refractivity contribution in [2.75, 3.05) is 7.11 Å². The maximum atomic E-state index is 9.62. The minimum atomic E-state index is -0.0793. The Hall–Kier alpha value is -0.640. The fourth-order valence-corrected chi connectivity index (χ4v) is 1.86. The van der Waals surface area contributed by atoms with E-state index in [1.165, 1.54) is 7.11 Å². The average molecular weight is 294 g/mol. The lowest BCUT2D eigenvalue weighted by molar-refractivity contribution is 0.372. The van der Waals surface area contributed by atoms with Crippen LogP contribution in [-0.4, -0.2) is 12.2 Å². The first-order valence-electron chi connectivity index (χ1n) is 5.77. The quantitative estimate of drug-likeness (QED) is 0.865. The van der Waals surface area contributed by atoms with E-state index in [2.05, 4.69) is 13.8 Å². The van der Waals surface area contributed by atoms with Crippen LogP contribution in [0.2, 0.25) is 5.02 Å². The highest BCUT2D eigenvalue weighted by Gasteiger charge is 2.13. The molecule has 3 nitrogen and oxygen atoms in total. The van der Waals surface area contributed by atoms with Crippen LogP contribution in [0.25, 0.3) is 0 Å². The van der Waals surface area contributed by atoms with Gasteiger partial charge in [0.25, 0.3) is 0 Å². The summed E-state index contributed by atoms with van der Waals surface area (Å²) in [5.41, 5.74) is 6.98. The molecular weight excluding hydrogens is 273 g/mol. The zero-order valence-electron chi connectivity index (χ0n) is 10.9. The number of phenols is 1. The Kier molecular flexibility index (Phi) is 7.45. The lowest BCUT2D eigenvalue weighted by atomic mass is 9.98. The van der Waals surface area contributed by atoms with E-state index < -0.39 is 0 Å². The van der Waals surface area contributed by atoms with E-state index >= 15 is 0 Å². The molecule has 0 spiro atoms. The molecule has 0 aromatic heterocycles. The first-order valence-corrected chi connectivity index (χ1v) is 6.15. The summed E-state index contributed by atoms with van der Waals surface area (Å²) in [5, 5.41) is 9.90. The molecular formula is C13H21Cl2NO2. The number of methoxy groups -OCH3 is 1. The van der Waals surface area contributed by atoms with E-state index in [1.54, 1.807) is 12.1 Å². The molecule has 0 saturated heterocycles. The third-order valence-electron chi connectivity index (χ3n) is 2.75. The maximum absolute atomic E-state index is 9.62. The topological polar surface area (TPSA) is 55.5 Å². The van der Waals surface area contributed by atoms with Crippen molar-refractivity contribution >= 4 is 24.0 Å². The number of rotatable bonds is 5. The van der Waals surface area contributed by atoms with Gasteiger partial charge in [-0.2, -0.15) is 0 Å². The van der Waals surface area contributed by atoms with Crippen LogP contribution in [-0.2, 0) is 0 Å². The fraction of sp³-hybridized carbons (Fsp3) is 0.538. The van der Waals surface area contributed by atoms with Crippen molar-refractivity contribution in [3.63, 3.8) is 0 Å². The lowest BCUT2D eigenvalue weighted by Gasteiger charge is -2.15. The Morgan fingerprint density at radius 2 is 1.94 bits per heavy atom. The zero-order valence-corrected chi connectivity index (χ0v) is 12.5. The van der Waals surface area contributed by atoms with Gasteiger partial charge in [0.15, 0.2) is 11.5 Å². The maximum Gasteiger partial charge on any atom is 0.176 e. The van der Waals surface area contributed by atoms with Crippen molar-refractivity contribution in [2.24, 2.45) is 11.7 Å². The third kappa shape index (κ3) is 4.56. The lowest BCUT2D eigenvalue weighted by Crippen LogP contribution is -2.11. The summed E-state index contributed by atoms with van der Waals surface area (Å²) in [6, 6.07) is 3.36. The molecule has 1 rings (SSSR count). The standard InChI is InChI=1S/C13H20ClNO2.ClH/c1-8(2)4-5-11(15)9-6-10(14)13(16)12(7-9)17-3;/h6-8,11,16H,4-5,15H2,1-3H3;1H/t11-;/m1./s1. The van der Waals surface area contributed by atoms with E-state index in [-0.39, 0.29) is 29.2 Å². The van der Waals surface area contributed by atoms with Crippen LogP contribution in [0.4, 0.5) is 0 Å². The van der Waals surface area contributed by atoms with E-state index in [1.807, 2.05) is 0 Å². The number of ether oxygens (including phenoxy) is 1. The normalized spacial score (nSPS) is 12.1. The highest BCUT2D eigenvalue weighted by atomic mass is 35.5. The summed E-state index contributed by atoms with van der Waals surface area (Å²) in [6.45, 7) is 4.33. The largest absolute Gasteiger partial charge is 0.503 e. The van der Waals surface area contributed by atoms with E-state index in [9.17, 15) is 5.11 Å². The van der Waals surface area contributed by atoms with Crippen molar-refractivity contribution < 1.29 is 9.84 Å². The van der Waals surface area contributed by atoms with Crippen LogP contribution in [0.1, 0.15) is 38.3 Å². The van der Waals surface area contributed by atoms with Crippen molar-refractivity contribution in [1.29, 1.82) is 0 Å². The van der Waals surface area contributed by atoms with Crippen molar-refractivity contribution in [1.82, 2.24) is 0 Å². The van der Waals surface area contributed by atoms with Crippen molar-refractivity contribution in [3.05, 3.63) is 22.7 Å². The van der Waals surface area contributed by atoms with Gasteiger partial charge in [0.05, 0.1) is 12.1 Å². The zero-order chi connectivity index (χ0) is 13.0. The second-order valence-electron chi connectivity index (χ2n) is 4.63. The van der Waals surface area contributed by atoms with Gasteiger partial charge in [-0.25, -0.2) is 0 Å². The van der Waals surface area contributed by atoms with Gasteiger partial charge in [-0.3, -0.25) is 0 Å². The van der Waals surface area contributed by atoms with Gasteiger partial charge in [0, 0.05) is 6.04 Å². The Morgan fingerprint density at radius 1 is 1.33 bits per heavy atom. The van der Waals surface area contributed by atoms with Crippen LogP contribution >= 0.6 is 24.0 Å². The number of nitrogens with two attached hydrogens (primary N) is 1. The van der Waals surface area contributed by atoms with Gasteiger partial charge >= 0.3 is 0 Å². The van der Waals surface area contributed by atoms with Crippen LogP contribution in [0.3, 0.4) is 0 Å². The van der Waals surface area contributed by atoms with Gasteiger partial charge in [-0.1, -0.05) is 25.4 Å². The predicted molar refractivity (Wildman–Crippen MR) is 77.9 cm³/mol. The van der Waals surface area contributed by atoms with E-state index in [4.69, 9.17) is 22.1 Å². The number of phenolic OH excluding ortho intramolecular Hbond substituents is 1. The molecule has 104 valence electrons. The first-order chi connectivity index (χ1) is 7.95. The number of halogens is 2. The second kappa shape index (κ2) is 7.72. The molecule has 0 unspecified atom stereocenters. The summed E-state index contributed by atoms with van der Waals surface area (Å²) in [5.74, 6) is 0.956. The Morgan fingerprint density at radius 3 is 2.44 bits per heavy atom. The smallest absolute Gasteiger partial charge is 0.176 e. The average Bonchev–Trinajstić information content (AvgIpc) is 2.29. The van der Waals surface area contributed by atoms with Gasteiger partial charge < -0.3 is 15.6 Å². The van der Waals surface area contributed by atoms with Gasteiger partial charge in [-0.15, -0.1) is 12.4 Å². The number of hydrogen-bond acceptors (Lipinski definition) is 3. The summed E-state index contributed by atoms with van der Waals surface area (Å²) in [6.07, 6.45) is 1.95. The summed E-state index contributed by atoms with van der Waals surface area (Å²) >= 11 is 5.92. The number of hydrogen-bond donors (Lipinski definition) is 2. The monoisotopic (exact) mass is 293 g/mol. The second-order valence-corrected chi connectivity index (χ2v) is 5.04. The van der Waals surface area contributed by atoms with Crippen LogP contribution in [0, 0.1) is 5.92 Å². The molecule has 1 aromatic carbocycles. The van der Waals surface area contributed by atoms with Crippen molar-refractivity contribution in [3.8, 4) is 11.5 Å². The Balaban J connectivity index is 0.00000289. The Bertz CT molecular complexity index is 383. The van der Waals surface area contributed by atoms with E-state index in [0.29, 0.717) is 11.7 Å². The van der Waals surface area contributed by atoms with E-state index in [0.717, 1.165) is 18.4 Å². The van der Waals surface area contributed by atoms with Gasteiger partial charge in [0.1, 0.15) is 0 Å². The molecule has 0 aliphatic heterocycles. The number of benzene rings is 1. The molecule has 0 radical (unpaired) electrons. The first kappa shape index (κ1) is 17.4. The summed E-state index contributed by atoms with van der Waals surface area (Å²) in [4.78, 5) is 0. The summed E-state index contributed by atoms with van der Waals surface area (Å²) in [7, 11) is 1.49. The third-order valence-corrected chi connectivity index (χ3v) is 3.04. The molecule has 1 atom stereocenters. The molecule has 0 bridgehead atoms. The highest BCUT2D eigenvalue weighted by molar-refractivity contribution is 6.32. The van der Waals surface area contributed by atoms with Gasteiger partial charge in [-0.05, 0) is 36.5 Å². The predicted octanol–water partition coefficient (Wildman–Crippen LogP) is 3.91. The minimum absolute atomic E-state index is 0. The van der Waals surface area contributed by atoms with Crippen LogP contribution < -0.4 is 10.5 Å². The molecule has 18 heavy (non-hydrogen) atoms. The molecule has 0 aliphatic rings. The summed E-state index contributed by atoms with van der Waals surface area (Å²) < 4.78 is 5.05. The SMILES string of the molecule is COc1cc([C@H](N)CCC(C)C)cc(Cl)c1O.Cl. The highest BCUT2D eigenvalue weighted by Crippen LogP contribution is 2.37. The molecule has 0 fully saturated rings. The molecule has 3 N–H and O–H groups in total. The van der Waals surface area contributed by atoms with Gasteiger partial charge in [0.2, 0.25) is 0 Å². The molecule has 0 amide bonds. The molecule has 0 heterocycles. The minimum Gasteiger partial charge on any atom is -0.503 e.